The van der Waals surface area contributed by atoms with Crippen molar-refractivity contribution in [3.05, 3.63) is 11.1 Å². The van der Waals surface area contributed by atoms with Gasteiger partial charge in [-0.1, -0.05) is 13.8 Å². The number of likely N-dealkylation sites (N-methyl/N-ethyl adjacent to an activating group) is 1. The van der Waals surface area contributed by atoms with Gasteiger partial charge in [0, 0.05) is 63.7 Å². The molecule has 2 heterocycles. The molecule has 1 aliphatic rings. The van der Waals surface area contributed by atoms with Crippen molar-refractivity contribution < 1.29 is 4.79 Å². The van der Waals surface area contributed by atoms with Crippen molar-refractivity contribution in [2.75, 3.05) is 51.2 Å². The van der Waals surface area contributed by atoms with Gasteiger partial charge in [-0.15, -0.1) is 28.3 Å². The number of hydrogen-bond donors (Lipinski definition) is 0. The Bertz CT molecular complexity index is 474. The Labute approximate surface area is 154 Å². The van der Waals surface area contributed by atoms with E-state index in [1.54, 1.807) is 11.3 Å². The fraction of sp³-hybridized carbons (Fsp3) is 0.750. The molecule has 0 aromatic carbocycles. The van der Waals surface area contributed by atoms with Crippen molar-refractivity contribution in [3.8, 4) is 0 Å². The molecule has 0 spiro atoms. The normalized spacial score (nSPS) is 15.3. The maximum absolute atomic E-state index is 11.6. The van der Waals surface area contributed by atoms with E-state index in [1.165, 1.54) is 17.8 Å². The average Bonchev–Trinajstić information content (AvgIpc) is 3.01. The predicted octanol–water partition coefficient (Wildman–Crippen LogP) is 2.66. The summed E-state index contributed by atoms with van der Waals surface area (Å²) in [6.45, 7) is 10.5. The van der Waals surface area contributed by atoms with Gasteiger partial charge in [-0.3, -0.25) is 9.69 Å². The van der Waals surface area contributed by atoms with E-state index in [1.807, 2.05) is 25.1 Å². The molecule has 0 saturated carbocycles. The molecule has 23 heavy (non-hydrogen) atoms. The van der Waals surface area contributed by atoms with Gasteiger partial charge in [0.05, 0.1) is 0 Å². The first-order valence-electron chi connectivity index (χ1n) is 8.30. The first-order valence-corrected chi connectivity index (χ1v) is 9.11. The highest BCUT2D eigenvalue weighted by atomic mass is 79.9. The number of halogens is 1. The van der Waals surface area contributed by atoms with Gasteiger partial charge in [-0.2, -0.15) is 0 Å². The third-order valence-electron chi connectivity index (χ3n) is 4.15. The minimum atomic E-state index is 0. The van der Waals surface area contributed by atoms with Crippen LogP contribution in [0.25, 0.3) is 0 Å². The molecule has 1 aliphatic heterocycles. The highest BCUT2D eigenvalue weighted by molar-refractivity contribution is 8.93. The number of hydrogen-bond acceptors (Lipinski definition) is 5. The van der Waals surface area contributed by atoms with Gasteiger partial charge in [0.15, 0.2) is 5.13 Å². The number of aromatic nitrogens is 1. The van der Waals surface area contributed by atoms with Gasteiger partial charge in [0.1, 0.15) is 0 Å². The molecular formula is C16H29BrN4OS. The molecule has 0 N–H and O–H groups in total. The van der Waals surface area contributed by atoms with Crippen LogP contribution in [0.4, 0.5) is 5.13 Å². The lowest BCUT2D eigenvalue weighted by Crippen LogP contribution is -2.46. The molecular weight excluding hydrogens is 376 g/mol. The summed E-state index contributed by atoms with van der Waals surface area (Å²) < 4.78 is 0. The molecule has 132 valence electrons. The van der Waals surface area contributed by atoms with Gasteiger partial charge in [-0.25, -0.2) is 4.98 Å². The molecule has 2 rings (SSSR count). The van der Waals surface area contributed by atoms with E-state index in [0.717, 1.165) is 44.3 Å². The Morgan fingerprint density at radius 2 is 2.00 bits per heavy atom. The van der Waals surface area contributed by atoms with Crippen LogP contribution >= 0.6 is 28.3 Å². The third kappa shape index (κ3) is 6.04. The minimum Gasteiger partial charge on any atom is -0.346 e. The molecule has 0 bridgehead atoms. The summed E-state index contributed by atoms with van der Waals surface area (Å²) in [5.41, 5.74) is 0. The number of nitrogens with zero attached hydrogens (tertiary/aromatic N) is 4. The van der Waals surface area contributed by atoms with Crippen molar-refractivity contribution in [2.24, 2.45) is 0 Å². The Hall–Kier alpha value is -0.660. The zero-order valence-electron chi connectivity index (χ0n) is 14.5. The monoisotopic (exact) mass is 404 g/mol. The number of rotatable bonds is 7. The van der Waals surface area contributed by atoms with E-state index < -0.39 is 0 Å². The molecule has 0 unspecified atom stereocenters. The second-order valence-corrected chi connectivity index (χ2v) is 6.95. The van der Waals surface area contributed by atoms with Crippen molar-refractivity contribution in [1.29, 1.82) is 0 Å². The number of carbonyl (C=O) groups is 1. The zero-order valence-corrected chi connectivity index (χ0v) is 17.0. The number of anilines is 1. The van der Waals surface area contributed by atoms with Crippen LogP contribution in [-0.4, -0.2) is 67.0 Å². The quantitative estimate of drug-likeness (QED) is 0.699. The molecule has 0 radical (unpaired) electrons. The van der Waals surface area contributed by atoms with Gasteiger partial charge < -0.3 is 9.80 Å². The maximum atomic E-state index is 11.6. The maximum Gasteiger partial charge on any atom is 0.222 e. The van der Waals surface area contributed by atoms with Crippen molar-refractivity contribution in [3.63, 3.8) is 0 Å². The summed E-state index contributed by atoms with van der Waals surface area (Å²) in [6.07, 6.45) is 4.68. The van der Waals surface area contributed by atoms with E-state index in [-0.39, 0.29) is 22.9 Å². The Morgan fingerprint density at radius 3 is 2.61 bits per heavy atom. The van der Waals surface area contributed by atoms with E-state index in [0.29, 0.717) is 6.42 Å². The highest BCUT2D eigenvalue weighted by Gasteiger charge is 2.18. The largest absolute Gasteiger partial charge is 0.346 e. The molecule has 1 fully saturated rings. The van der Waals surface area contributed by atoms with Crippen LogP contribution in [0, 0.1) is 0 Å². The fourth-order valence-electron chi connectivity index (χ4n) is 2.71. The Balaban J connectivity index is 0.00000264. The number of thiazole rings is 1. The third-order valence-corrected chi connectivity index (χ3v) is 5.26. The Kier molecular flexibility index (Phi) is 9.09. The number of carbonyl (C=O) groups excluding carboxylic acids is 1. The molecule has 1 saturated heterocycles. The summed E-state index contributed by atoms with van der Waals surface area (Å²) in [5.74, 6) is 0.205. The van der Waals surface area contributed by atoms with Gasteiger partial charge in [-0.05, 0) is 13.0 Å². The zero-order chi connectivity index (χ0) is 15.9. The molecule has 1 amide bonds. The van der Waals surface area contributed by atoms with E-state index in [9.17, 15) is 4.79 Å². The molecule has 5 nitrogen and oxygen atoms in total. The fourth-order valence-corrected chi connectivity index (χ4v) is 3.66. The lowest BCUT2D eigenvalue weighted by Gasteiger charge is -2.34. The van der Waals surface area contributed by atoms with E-state index in [2.05, 4.69) is 21.7 Å². The minimum absolute atomic E-state index is 0. The van der Waals surface area contributed by atoms with Crippen LogP contribution in [0.1, 0.15) is 31.6 Å². The number of amides is 1. The van der Waals surface area contributed by atoms with Crippen molar-refractivity contribution in [2.45, 2.75) is 33.1 Å². The van der Waals surface area contributed by atoms with Crippen LogP contribution in [0.3, 0.4) is 0 Å². The smallest absolute Gasteiger partial charge is 0.222 e. The molecule has 0 aliphatic carbocycles. The van der Waals surface area contributed by atoms with E-state index >= 15 is 0 Å². The second kappa shape index (κ2) is 10.3. The molecule has 1 aromatic rings. The highest BCUT2D eigenvalue weighted by Crippen LogP contribution is 2.24. The van der Waals surface area contributed by atoms with Crippen molar-refractivity contribution in [1.82, 2.24) is 14.8 Å². The van der Waals surface area contributed by atoms with Gasteiger partial charge in [0.25, 0.3) is 0 Å². The summed E-state index contributed by atoms with van der Waals surface area (Å²) in [4.78, 5) is 24.1. The lowest BCUT2D eigenvalue weighted by molar-refractivity contribution is -0.129. The van der Waals surface area contributed by atoms with Crippen LogP contribution < -0.4 is 4.90 Å². The SMILES string of the molecule is Br.CCCN1CCN(c2ncc(CCN(C)C(=O)CC)s2)CC1. The number of piperazine rings is 1. The van der Waals surface area contributed by atoms with Gasteiger partial charge in [0.2, 0.25) is 5.91 Å². The predicted molar refractivity (Wildman–Crippen MR) is 103 cm³/mol. The van der Waals surface area contributed by atoms with Crippen LogP contribution in [0.2, 0.25) is 0 Å². The molecule has 7 heteroatoms. The summed E-state index contributed by atoms with van der Waals surface area (Å²) >= 11 is 1.77. The Morgan fingerprint density at radius 1 is 1.30 bits per heavy atom. The summed E-state index contributed by atoms with van der Waals surface area (Å²) in [7, 11) is 1.88. The average molecular weight is 405 g/mol. The second-order valence-electron chi connectivity index (χ2n) is 5.86. The lowest BCUT2D eigenvalue weighted by atomic mass is 10.3. The first-order chi connectivity index (χ1) is 10.6. The van der Waals surface area contributed by atoms with Crippen LogP contribution in [0.15, 0.2) is 6.20 Å². The van der Waals surface area contributed by atoms with E-state index in [4.69, 9.17) is 0 Å². The van der Waals surface area contributed by atoms with Gasteiger partial charge >= 0.3 is 0 Å². The summed E-state index contributed by atoms with van der Waals surface area (Å²) in [5, 5.41) is 1.13. The first kappa shape index (κ1) is 20.4. The standard InChI is InChI=1S/C16H28N4OS.BrH/c1-4-7-19-9-11-20(12-10-19)16-17-13-14(22-16)6-8-18(3)15(21)5-2;/h13H,4-12H2,1-3H3;1H. The van der Waals surface area contributed by atoms with Crippen LogP contribution in [-0.2, 0) is 11.2 Å². The van der Waals surface area contributed by atoms with Crippen molar-refractivity contribution >= 4 is 39.4 Å². The molecule has 0 atom stereocenters. The molecule has 1 aromatic heterocycles. The van der Waals surface area contributed by atoms with Crippen LogP contribution in [0.5, 0.6) is 0 Å². The topological polar surface area (TPSA) is 39.7 Å². The summed E-state index contributed by atoms with van der Waals surface area (Å²) in [6, 6.07) is 0.